The monoisotopic (exact) mass is 420 g/mol. The number of anilines is 1. The van der Waals surface area contributed by atoms with Crippen LogP contribution >= 0.6 is 0 Å². The van der Waals surface area contributed by atoms with Crippen molar-refractivity contribution in [3.8, 4) is 0 Å². The molecule has 1 fully saturated rings. The third-order valence-corrected chi connectivity index (χ3v) is 5.72. The third kappa shape index (κ3) is 3.50. The van der Waals surface area contributed by atoms with Crippen LogP contribution in [0, 0.1) is 0 Å². The summed E-state index contributed by atoms with van der Waals surface area (Å²) in [6.45, 7) is 6.07. The number of piperazine rings is 1. The molecule has 3 aromatic heterocycles. The molecule has 9 nitrogen and oxygen atoms in total. The summed E-state index contributed by atoms with van der Waals surface area (Å²) in [6, 6.07) is 7.74. The van der Waals surface area contributed by atoms with E-state index in [-0.39, 0.29) is 0 Å². The largest absolute Gasteiger partial charge is 0.460 e. The number of esters is 1. The predicted molar refractivity (Wildman–Crippen MR) is 116 cm³/mol. The SMILES string of the molecule is CCOC(=O)c1oc2ccccc2c1CN1CCN(c2ncnc3c2cnn3C)CC1. The third-order valence-electron chi connectivity index (χ3n) is 5.72. The fraction of sp³-hybridized carbons (Fsp3) is 0.364. The number of carbonyl (C=O) groups excluding carboxylic acids is 1. The molecule has 0 amide bonds. The smallest absolute Gasteiger partial charge is 0.374 e. The van der Waals surface area contributed by atoms with E-state index in [1.165, 1.54) is 0 Å². The molecule has 0 saturated carbocycles. The van der Waals surface area contributed by atoms with Crippen molar-refractivity contribution in [1.29, 1.82) is 0 Å². The van der Waals surface area contributed by atoms with Crippen molar-refractivity contribution in [3.05, 3.63) is 48.1 Å². The van der Waals surface area contributed by atoms with Crippen LogP contribution in [0.25, 0.3) is 22.0 Å². The second-order valence-electron chi connectivity index (χ2n) is 7.59. The first-order chi connectivity index (χ1) is 15.2. The number of aromatic nitrogens is 4. The van der Waals surface area contributed by atoms with Crippen LogP contribution in [0.3, 0.4) is 0 Å². The molecular weight excluding hydrogens is 396 g/mol. The van der Waals surface area contributed by atoms with Crippen LogP contribution in [0.15, 0.2) is 41.2 Å². The Kier molecular flexibility index (Phi) is 5.03. The van der Waals surface area contributed by atoms with Crippen LogP contribution in [0.4, 0.5) is 5.82 Å². The van der Waals surface area contributed by atoms with Crippen LogP contribution in [0.2, 0.25) is 0 Å². The molecule has 0 bridgehead atoms. The first-order valence-electron chi connectivity index (χ1n) is 10.4. The van der Waals surface area contributed by atoms with E-state index >= 15 is 0 Å². The van der Waals surface area contributed by atoms with E-state index in [9.17, 15) is 4.79 Å². The van der Waals surface area contributed by atoms with Crippen molar-refractivity contribution >= 4 is 33.8 Å². The lowest BCUT2D eigenvalue weighted by atomic mass is 10.1. The first-order valence-corrected chi connectivity index (χ1v) is 10.4. The second kappa shape index (κ2) is 7.99. The topological polar surface area (TPSA) is 89.5 Å². The number of benzene rings is 1. The maximum absolute atomic E-state index is 12.5. The van der Waals surface area contributed by atoms with Gasteiger partial charge in [0.15, 0.2) is 5.65 Å². The zero-order valence-electron chi connectivity index (χ0n) is 17.6. The summed E-state index contributed by atoms with van der Waals surface area (Å²) < 4.78 is 12.8. The van der Waals surface area contributed by atoms with E-state index in [1.54, 1.807) is 17.9 Å². The van der Waals surface area contributed by atoms with Gasteiger partial charge in [-0.1, -0.05) is 18.2 Å². The fourth-order valence-electron chi connectivity index (χ4n) is 4.16. The van der Waals surface area contributed by atoms with Gasteiger partial charge < -0.3 is 14.1 Å². The highest BCUT2D eigenvalue weighted by Gasteiger charge is 2.26. The molecule has 5 rings (SSSR count). The standard InChI is InChI=1S/C22H24N6O3/c1-3-30-22(29)19-17(15-6-4-5-7-18(15)31-19)13-27-8-10-28(11-9-27)21-16-12-25-26(2)20(16)23-14-24-21/h4-7,12,14H,3,8-11,13H2,1-2H3. The summed E-state index contributed by atoms with van der Waals surface area (Å²) in [5.41, 5.74) is 2.43. The summed E-state index contributed by atoms with van der Waals surface area (Å²) in [5.74, 6) is 0.810. The fourth-order valence-corrected chi connectivity index (χ4v) is 4.16. The van der Waals surface area contributed by atoms with Gasteiger partial charge in [0.25, 0.3) is 0 Å². The summed E-state index contributed by atoms with van der Waals surface area (Å²) in [5, 5.41) is 6.23. The number of ether oxygens (including phenoxy) is 1. The summed E-state index contributed by atoms with van der Waals surface area (Å²) in [7, 11) is 1.88. The van der Waals surface area contributed by atoms with Crippen LogP contribution in [0.1, 0.15) is 23.0 Å². The van der Waals surface area contributed by atoms with Crippen LogP contribution < -0.4 is 4.90 Å². The molecular formula is C22H24N6O3. The van der Waals surface area contributed by atoms with E-state index in [0.717, 1.165) is 54.0 Å². The molecule has 4 aromatic rings. The van der Waals surface area contributed by atoms with Gasteiger partial charge >= 0.3 is 5.97 Å². The molecule has 1 aromatic carbocycles. The van der Waals surface area contributed by atoms with Gasteiger partial charge in [0.1, 0.15) is 17.7 Å². The zero-order chi connectivity index (χ0) is 21.4. The van der Waals surface area contributed by atoms with E-state index < -0.39 is 5.97 Å². The van der Waals surface area contributed by atoms with E-state index in [1.807, 2.05) is 37.5 Å². The van der Waals surface area contributed by atoms with E-state index in [0.29, 0.717) is 24.5 Å². The van der Waals surface area contributed by atoms with Gasteiger partial charge in [0.2, 0.25) is 5.76 Å². The maximum Gasteiger partial charge on any atom is 0.374 e. The molecule has 0 atom stereocenters. The minimum Gasteiger partial charge on any atom is -0.460 e. The highest BCUT2D eigenvalue weighted by atomic mass is 16.5. The number of furan rings is 1. The Balaban J connectivity index is 1.35. The Morgan fingerprint density at radius 1 is 1.13 bits per heavy atom. The summed E-state index contributed by atoms with van der Waals surface area (Å²) in [6.07, 6.45) is 3.41. The second-order valence-corrected chi connectivity index (χ2v) is 7.59. The Hall–Kier alpha value is -3.46. The molecule has 0 radical (unpaired) electrons. The average Bonchev–Trinajstić information content (AvgIpc) is 3.36. The highest BCUT2D eigenvalue weighted by molar-refractivity contribution is 5.96. The normalized spacial score (nSPS) is 15.1. The average molecular weight is 420 g/mol. The van der Waals surface area contributed by atoms with Gasteiger partial charge in [-0.2, -0.15) is 5.10 Å². The molecule has 1 aliphatic rings. The van der Waals surface area contributed by atoms with Crippen LogP contribution in [0.5, 0.6) is 0 Å². The number of para-hydroxylation sites is 1. The van der Waals surface area contributed by atoms with Gasteiger partial charge in [-0.05, 0) is 13.0 Å². The summed E-state index contributed by atoms with van der Waals surface area (Å²) >= 11 is 0. The maximum atomic E-state index is 12.5. The van der Waals surface area contributed by atoms with Crippen molar-refractivity contribution in [1.82, 2.24) is 24.6 Å². The Morgan fingerprint density at radius 2 is 1.94 bits per heavy atom. The van der Waals surface area contributed by atoms with Gasteiger partial charge in [0.05, 0.1) is 18.2 Å². The molecule has 0 aliphatic carbocycles. The molecule has 1 aliphatic heterocycles. The lowest BCUT2D eigenvalue weighted by Gasteiger charge is -2.35. The van der Waals surface area contributed by atoms with Crippen molar-refractivity contribution < 1.29 is 13.9 Å². The number of aryl methyl sites for hydroxylation is 1. The van der Waals surface area contributed by atoms with Gasteiger partial charge in [-0.25, -0.2) is 14.8 Å². The Labute approximate surface area is 179 Å². The number of hydrogen-bond acceptors (Lipinski definition) is 8. The summed E-state index contributed by atoms with van der Waals surface area (Å²) in [4.78, 5) is 25.9. The molecule has 0 N–H and O–H groups in total. The van der Waals surface area contributed by atoms with E-state index in [4.69, 9.17) is 9.15 Å². The first kappa shape index (κ1) is 19.5. The van der Waals surface area contributed by atoms with Gasteiger partial charge in [-0.15, -0.1) is 0 Å². The number of fused-ring (bicyclic) bond motifs is 2. The molecule has 9 heteroatoms. The van der Waals surface area contributed by atoms with Gasteiger partial charge in [-0.3, -0.25) is 9.58 Å². The van der Waals surface area contributed by atoms with Crippen LogP contribution in [-0.2, 0) is 18.3 Å². The van der Waals surface area contributed by atoms with Crippen molar-refractivity contribution in [3.63, 3.8) is 0 Å². The number of hydrogen-bond donors (Lipinski definition) is 0. The van der Waals surface area contributed by atoms with Crippen molar-refractivity contribution in [2.75, 3.05) is 37.7 Å². The van der Waals surface area contributed by atoms with E-state index in [2.05, 4.69) is 24.9 Å². The molecule has 0 unspecified atom stereocenters. The van der Waals surface area contributed by atoms with Crippen molar-refractivity contribution in [2.45, 2.75) is 13.5 Å². The molecule has 31 heavy (non-hydrogen) atoms. The molecule has 0 spiro atoms. The lowest BCUT2D eigenvalue weighted by Crippen LogP contribution is -2.46. The molecule has 4 heterocycles. The van der Waals surface area contributed by atoms with Crippen LogP contribution in [-0.4, -0.2) is 63.4 Å². The quantitative estimate of drug-likeness (QED) is 0.455. The van der Waals surface area contributed by atoms with Crippen molar-refractivity contribution in [2.24, 2.45) is 7.05 Å². The lowest BCUT2D eigenvalue weighted by molar-refractivity contribution is 0.0489. The zero-order valence-corrected chi connectivity index (χ0v) is 17.6. The van der Waals surface area contributed by atoms with Gasteiger partial charge in [0, 0.05) is 50.7 Å². The number of carbonyl (C=O) groups is 1. The number of nitrogens with zero attached hydrogens (tertiary/aromatic N) is 6. The Bertz CT molecular complexity index is 1240. The molecule has 160 valence electrons. The highest BCUT2D eigenvalue weighted by Crippen LogP contribution is 2.29. The number of rotatable bonds is 5. The Morgan fingerprint density at radius 3 is 2.74 bits per heavy atom. The molecule has 1 saturated heterocycles. The predicted octanol–water partition coefficient (Wildman–Crippen LogP) is 2.61. The minimum absolute atomic E-state index is 0.304. The minimum atomic E-state index is -0.410.